The number of carbonyl (C=O) groups is 1. The Morgan fingerprint density at radius 3 is 1.94 bits per heavy atom. The van der Waals surface area contributed by atoms with Crippen LogP contribution in [0.25, 0.3) is 0 Å². The fourth-order valence-electron chi connectivity index (χ4n) is 6.02. The summed E-state index contributed by atoms with van der Waals surface area (Å²) in [5, 5.41) is 0. The van der Waals surface area contributed by atoms with Gasteiger partial charge in [0, 0.05) is 59.9 Å². The normalized spacial score (nSPS) is 21.5. The number of nitrogen functional groups attached to an aromatic ring is 1. The molecule has 35 heavy (non-hydrogen) atoms. The molecule has 0 aliphatic carbocycles. The van der Waals surface area contributed by atoms with E-state index in [0.29, 0.717) is 11.3 Å². The number of anilines is 3. The molecule has 3 aromatic rings. The van der Waals surface area contributed by atoms with Gasteiger partial charge in [-0.25, -0.2) is 4.79 Å². The molecule has 0 amide bonds. The van der Waals surface area contributed by atoms with Gasteiger partial charge in [-0.1, -0.05) is 43.3 Å². The first-order valence-corrected chi connectivity index (χ1v) is 13.0. The number of hydrogen-bond donors (Lipinski definition) is 1. The van der Waals surface area contributed by atoms with Crippen LogP contribution in [-0.2, 0) is 16.8 Å². The minimum absolute atomic E-state index is 0.288. The molecule has 5 nitrogen and oxygen atoms in total. The average Bonchev–Trinajstić information content (AvgIpc) is 3.66. The second-order valence-electron chi connectivity index (χ2n) is 10.0. The van der Waals surface area contributed by atoms with E-state index in [4.69, 9.17) is 10.5 Å². The van der Waals surface area contributed by atoms with E-state index in [1.165, 1.54) is 31.2 Å². The molecule has 6 rings (SSSR count). The number of carbonyl (C=O) groups excluding carboxylic acids is 1. The lowest BCUT2D eigenvalue weighted by atomic mass is 9.78. The zero-order valence-corrected chi connectivity index (χ0v) is 20.4. The van der Waals surface area contributed by atoms with Crippen LogP contribution in [0.15, 0.2) is 60.7 Å². The smallest absolute Gasteiger partial charge is 0.340 e. The molecular weight excluding hydrogens is 434 g/mol. The maximum atomic E-state index is 13.4. The first-order valence-electron chi connectivity index (χ1n) is 13.0. The minimum Gasteiger partial charge on any atom is -0.440 e. The van der Waals surface area contributed by atoms with Crippen LogP contribution in [0.2, 0.25) is 0 Å². The summed E-state index contributed by atoms with van der Waals surface area (Å²) in [6.45, 7) is 6.31. The first-order chi connectivity index (χ1) is 17.1. The van der Waals surface area contributed by atoms with Crippen molar-refractivity contribution in [2.75, 3.05) is 41.7 Å². The van der Waals surface area contributed by atoms with Gasteiger partial charge in [0.2, 0.25) is 0 Å². The van der Waals surface area contributed by atoms with Crippen LogP contribution in [0.1, 0.15) is 65.2 Å². The van der Waals surface area contributed by atoms with Crippen LogP contribution in [0.3, 0.4) is 0 Å². The van der Waals surface area contributed by atoms with Gasteiger partial charge in [-0.15, -0.1) is 0 Å². The highest BCUT2D eigenvalue weighted by molar-refractivity contribution is 5.98. The van der Waals surface area contributed by atoms with Crippen LogP contribution >= 0.6 is 0 Å². The standard InChI is InChI=1S/C30H33N3O2/c1-2-21-7-9-22(10-8-21)30(27-14-12-24(20-28(27)31)33-17-5-6-18-33)26-13-11-23(32-15-3-4-16-32)19-25(26)29(34)35-30/h7-14,19-20H,2-6,15-18,31H2,1H3. The maximum Gasteiger partial charge on any atom is 0.340 e. The van der Waals surface area contributed by atoms with E-state index in [2.05, 4.69) is 65.3 Å². The van der Waals surface area contributed by atoms with Crippen LogP contribution in [-0.4, -0.2) is 32.1 Å². The summed E-state index contributed by atoms with van der Waals surface area (Å²) in [7, 11) is 0. The maximum absolute atomic E-state index is 13.4. The molecule has 0 spiro atoms. The lowest BCUT2D eigenvalue weighted by molar-refractivity contribution is 0.0254. The van der Waals surface area contributed by atoms with Crippen molar-refractivity contribution in [3.8, 4) is 0 Å². The summed E-state index contributed by atoms with van der Waals surface area (Å²) in [5.41, 5.74) is 13.1. The van der Waals surface area contributed by atoms with Crippen LogP contribution in [0, 0.1) is 0 Å². The molecule has 1 atom stereocenters. The van der Waals surface area contributed by atoms with Crippen molar-refractivity contribution < 1.29 is 9.53 Å². The topological polar surface area (TPSA) is 58.8 Å². The quantitative estimate of drug-likeness (QED) is 0.397. The van der Waals surface area contributed by atoms with E-state index in [1.54, 1.807) is 0 Å². The molecule has 2 saturated heterocycles. The number of ether oxygens (including phenoxy) is 1. The Morgan fingerprint density at radius 1 is 0.800 bits per heavy atom. The fourth-order valence-corrected chi connectivity index (χ4v) is 6.02. The van der Waals surface area contributed by atoms with E-state index < -0.39 is 5.60 Å². The zero-order chi connectivity index (χ0) is 24.0. The number of benzene rings is 3. The van der Waals surface area contributed by atoms with E-state index in [-0.39, 0.29) is 5.97 Å². The minimum atomic E-state index is -1.06. The number of nitrogens with zero attached hydrogens (tertiary/aromatic N) is 2. The van der Waals surface area contributed by atoms with Gasteiger partial charge >= 0.3 is 5.97 Å². The van der Waals surface area contributed by atoms with Gasteiger partial charge in [0.1, 0.15) is 0 Å². The second-order valence-corrected chi connectivity index (χ2v) is 10.0. The SMILES string of the molecule is CCc1ccc(C2(c3ccc(N4CCCC4)cc3N)OC(=O)c3cc(N4CCCC4)ccc32)cc1. The summed E-state index contributed by atoms with van der Waals surface area (Å²) in [4.78, 5) is 18.1. The summed E-state index contributed by atoms with van der Waals surface area (Å²) < 4.78 is 6.38. The Hall–Kier alpha value is -3.47. The summed E-state index contributed by atoms with van der Waals surface area (Å²) in [6, 6.07) is 20.9. The van der Waals surface area contributed by atoms with Gasteiger partial charge in [0.15, 0.2) is 5.60 Å². The summed E-state index contributed by atoms with van der Waals surface area (Å²) >= 11 is 0. The molecule has 2 fully saturated rings. The lowest BCUT2D eigenvalue weighted by Gasteiger charge is -2.32. The largest absolute Gasteiger partial charge is 0.440 e. The molecule has 5 heteroatoms. The van der Waals surface area contributed by atoms with Crippen molar-refractivity contribution in [2.45, 2.75) is 44.6 Å². The zero-order valence-electron chi connectivity index (χ0n) is 20.4. The predicted molar refractivity (Wildman–Crippen MR) is 141 cm³/mol. The molecule has 0 bridgehead atoms. The highest BCUT2D eigenvalue weighted by atomic mass is 16.6. The Labute approximate surface area is 207 Å². The number of nitrogens with two attached hydrogens (primary N) is 1. The van der Waals surface area contributed by atoms with E-state index >= 15 is 0 Å². The van der Waals surface area contributed by atoms with E-state index in [0.717, 1.165) is 60.7 Å². The number of cyclic esters (lactones) is 1. The molecule has 3 aliphatic heterocycles. The Morgan fingerprint density at radius 2 is 1.37 bits per heavy atom. The molecular formula is C30H33N3O2. The molecule has 3 heterocycles. The van der Waals surface area contributed by atoms with Crippen LogP contribution < -0.4 is 15.5 Å². The second kappa shape index (κ2) is 8.63. The number of aryl methyl sites for hydroxylation is 1. The fraction of sp³-hybridized carbons (Fsp3) is 0.367. The predicted octanol–water partition coefficient (Wildman–Crippen LogP) is 5.49. The van der Waals surface area contributed by atoms with Gasteiger partial charge in [0.05, 0.1) is 5.56 Å². The third kappa shape index (κ3) is 3.56. The molecule has 3 aromatic carbocycles. The summed E-state index contributed by atoms with van der Waals surface area (Å²) in [6.07, 6.45) is 5.75. The van der Waals surface area contributed by atoms with Gasteiger partial charge in [-0.05, 0) is 61.9 Å². The third-order valence-corrected chi connectivity index (χ3v) is 7.97. The van der Waals surface area contributed by atoms with Crippen LogP contribution in [0.5, 0.6) is 0 Å². The number of fused-ring (bicyclic) bond motifs is 1. The highest BCUT2D eigenvalue weighted by Gasteiger charge is 2.49. The summed E-state index contributed by atoms with van der Waals surface area (Å²) in [5.74, 6) is -0.288. The monoisotopic (exact) mass is 467 g/mol. The van der Waals surface area contributed by atoms with Gasteiger partial charge in [-0.2, -0.15) is 0 Å². The van der Waals surface area contributed by atoms with Crippen molar-refractivity contribution >= 4 is 23.0 Å². The molecule has 3 aliphatic rings. The van der Waals surface area contributed by atoms with Crippen molar-refractivity contribution in [3.63, 3.8) is 0 Å². The lowest BCUT2D eigenvalue weighted by Crippen LogP contribution is -2.31. The first kappa shape index (κ1) is 22.0. The Kier molecular flexibility index (Phi) is 5.43. The van der Waals surface area contributed by atoms with Gasteiger partial charge in [-0.3, -0.25) is 0 Å². The van der Waals surface area contributed by atoms with Crippen molar-refractivity contribution in [1.82, 2.24) is 0 Å². The number of hydrogen-bond acceptors (Lipinski definition) is 5. The number of esters is 1. The van der Waals surface area contributed by atoms with Crippen molar-refractivity contribution in [3.05, 3.63) is 88.5 Å². The Bertz CT molecular complexity index is 1260. The third-order valence-electron chi connectivity index (χ3n) is 7.97. The van der Waals surface area contributed by atoms with E-state index in [9.17, 15) is 4.79 Å². The molecule has 0 saturated carbocycles. The van der Waals surface area contributed by atoms with Gasteiger partial charge < -0.3 is 20.3 Å². The molecule has 0 aromatic heterocycles. The van der Waals surface area contributed by atoms with E-state index in [1.807, 2.05) is 12.1 Å². The number of rotatable bonds is 5. The average molecular weight is 468 g/mol. The molecule has 1 unspecified atom stereocenters. The van der Waals surface area contributed by atoms with Gasteiger partial charge in [0.25, 0.3) is 0 Å². The van der Waals surface area contributed by atoms with Crippen molar-refractivity contribution in [1.29, 1.82) is 0 Å². The molecule has 0 radical (unpaired) electrons. The molecule has 180 valence electrons. The van der Waals surface area contributed by atoms with Crippen LogP contribution in [0.4, 0.5) is 17.1 Å². The highest BCUT2D eigenvalue weighted by Crippen LogP contribution is 2.50. The molecule has 2 N–H and O–H groups in total. The Balaban J connectivity index is 1.51. The van der Waals surface area contributed by atoms with Crippen molar-refractivity contribution in [2.24, 2.45) is 0 Å².